The van der Waals surface area contributed by atoms with Gasteiger partial charge in [0.15, 0.2) is 0 Å². The van der Waals surface area contributed by atoms with Gasteiger partial charge in [0.05, 0.1) is 17.6 Å². The summed E-state index contributed by atoms with van der Waals surface area (Å²) < 4.78 is 4.48. The lowest BCUT2D eigenvalue weighted by Crippen LogP contribution is -2.28. The quantitative estimate of drug-likeness (QED) is 0.352. The van der Waals surface area contributed by atoms with Crippen molar-refractivity contribution >= 4 is 17.7 Å². The second-order valence-corrected chi connectivity index (χ2v) is 4.67. The average Bonchev–Trinajstić information content (AvgIpc) is 2.52. The van der Waals surface area contributed by atoms with Gasteiger partial charge in [-0.05, 0) is 11.6 Å². The van der Waals surface area contributed by atoms with E-state index in [0.717, 1.165) is 6.08 Å². The third kappa shape index (κ3) is 3.51. The number of hydrogen-bond acceptors (Lipinski definition) is 7. The molecule has 1 aliphatic rings. The number of nitro groups is 2. The summed E-state index contributed by atoms with van der Waals surface area (Å²) in [6.07, 6.45) is 5.42. The van der Waals surface area contributed by atoms with Crippen molar-refractivity contribution in [2.45, 2.75) is 6.04 Å². The van der Waals surface area contributed by atoms with E-state index in [1.54, 1.807) is 6.07 Å². The molecule has 1 unspecified atom stereocenters. The molecule has 23 heavy (non-hydrogen) atoms. The Kier molecular flexibility index (Phi) is 4.69. The Balaban J connectivity index is 2.46. The number of methoxy groups -OCH3 is 1. The van der Waals surface area contributed by atoms with Gasteiger partial charge < -0.3 is 9.64 Å². The first-order valence-corrected chi connectivity index (χ1v) is 6.55. The van der Waals surface area contributed by atoms with Crippen LogP contribution in [0.25, 0.3) is 6.08 Å². The number of benzene rings is 1. The first kappa shape index (κ1) is 16.1. The molecule has 0 spiro atoms. The Bertz CT molecular complexity index is 712. The average molecular weight is 319 g/mol. The normalized spacial score (nSPS) is 16.2. The molecule has 1 aromatic rings. The van der Waals surface area contributed by atoms with Crippen molar-refractivity contribution in [1.29, 1.82) is 0 Å². The SMILES string of the molecule is COC(=O)/C=C/N1C=Cc2c(cccc2[N+](=O)[O-])C1C[N+](=O)[O-]. The first-order chi connectivity index (χ1) is 10.9. The lowest BCUT2D eigenvalue weighted by atomic mass is 9.95. The van der Waals surface area contributed by atoms with Crippen LogP contribution in [0.2, 0.25) is 0 Å². The molecule has 0 bridgehead atoms. The lowest BCUT2D eigenvalue weighted by Gasteiger charge is -2.29. The van der Waals surface area contributed by atoms with Crippen LogP contribution in [0.15, 0.2) is 36.7 Å². The molecule has 0 amide bonds. The molecule has 0 fully saturated rings. The Hall–Kier alpha value is -3.23. The van der Waals surface area contributed by atoms with E-state index < -0.39 is 28.4 Å². The highest BCUT2D eigenvalue weighted by atomic mass is 16.6. The predicted molar refractivity (Wildman–Crippen MR) is 79.7 cm³/mol. The topological polar surface area (TPSA) is 116 Å². The van der Waals surface area contributed by atoms with Crippen LogP contribution in [0.1, 0.15) is 17.2 Å². The number of esters is 1. The van der Waals surface area contributed by atoms with Gasteiger partial charge in [-0.15, -0.1) is 0 Å². The summed E-state index contributed by atoms with van der Waals surface area (Å²) in [4.78, 5) is 33.6. The molecule has 0 N–H and O–H groups in total. The van der Waals surface area contributed by atoms with Crippen LogP contribution in [0.4, 0.5) is 5.69 Å². The van der Waals surface area contributed by atoms with Gasteiger partial charge in [-0.25, -0.2) is 4.79 Å². The van der Waals surface area contributed by atoms with E-state index in [1.165, 1.54) is 42.6 Å². The molecule has 9 heteroatoms. The summed E-state index contributed by atoms with van der Waals surface area (Å²) in [6, 6.07) is 3.65. The van der Waals surface area contributed by atoms with Crippen molar-refractivity contribution in [3.05, 3.63) is 68.0 Å². The number of carbonyl (C=O) groups excluding carboxylic acids is 1. The Morgan fingerprint density at radius 3 is 2.74 bits per heavy atom. The molecule has 0 aliphatic carbocycles. The van der Waals surface area contributed by atoms with Gasteiger partial charge in [0.2, 0.25) is 6.54 Å². The number of rotatable bonds is 5. The number of hydrogen-bond donors (Lipinski definition) is 0. The van der Waals surface area contributed by atoms with Gasteiger partial charge in [0.25, 0.3) is 5.69 Å². The molecule has 120 valence electrons. The molecule has 0 saturated heterocycles. The number of nitro benzene ring substituents is 1. The third-order valence-corrected chi connectivity index (χ3v) is 3.35. The van der Waals surface area contributed by atoms with Gasteiger partial charge >= 0.3 is 5.97 Å². The maximum absolute atomic E-state index is 11.2. The fourth-order valence-electron chi connectivity index (χ4n) is 2.33. The molecule has 0 radical (unpaired) electrons. The Labute approximate surface area is 130 Å². The molecule has 0 saturated carbocycles. The molecular weight excluding hydrogens is 306 g/mol. The molecule has 1 aliphatic heterocycles. The highest BCUT2D eigenvalue weighted by Crippen LogP contribution is 2.35. The van der Waals surface area contributed by atoms with E-state index in [4.69, 9.17) is 0 Å². The summed E-state index contributed by atoms with van der Waals surface area (Å²) in [5, 5.41) is 22.0. The summed E-state index contributed by atoms with van der Waals surface area (Å²) >= 11 is 0. The number of nitrogens with zero attached hydrogens (tertiary/aromatic N) is 3. The van der Waals surface area contributed by atoms with E-state index in [0.29, 0.717) is 11.1 Å². The molecular formula is C14H13N3O6. The summed E-state index contributed by atoms with van der Waals surface area (Å²) in [5.74, 6) is -0.608. The zero-order valence-corrected chi connectivity index (χ0v) is 12.1. The highest BCUT2D eigenvalue weighted by Gasteiger charge is 2.30. The maximum atomic E-state index is 11.2. The van der Waals surface area contributed by atoms with Crippen molar-refractivity contribution in [3.63, 3.8) is 0 Å². The minimum Gasteiger partial charge on any atom is -0.466 e. The van der Waals surface area contributed by atoms with E-state index in [9.17, 15) is 25.0 Å². The smallest absolute Gasteiger partial charge is 0.331 e. The molecule has 9 nitrogen and oxygen atoms in total. The predicted octanol–water partition coefficient (Wildman–Crippen LogP) is 1.89. The van der Waals surface area contributed by atoms with Gasteiger partial charge in [0, 0.05) is 29.5 Å². The maximum Gasteiger partial charge on any atom is 0.331 e. The van der Waals surface area contributed by atoms with E-state index in [-0.39, 0.29) is 5.69 Å². The molecule has 2 rings (SSSR count). The zero-order chi connectivity index (χ0) is 17.0. The first-order valence-electron chi connectivity index (χ1n) is 6.55. The Morgan fingerprint density at radius 2 is 2.13 bits per heavy atom. The van der Waals surface area contributed by atoms with Crippen LogP contribution in [0, 0.1) is 20.2 Å². The van der Waals surface area contributed by atoms with E-state index >= 15 is 0 Å². The Morgan fingerprint density at radius 1 is 1.39 bits per heavy atom. The number of ether oxygens (including phenoxy) is 1. The van der Waals surface area contributed by atoms with E-state index in [2.05, 4.69) is 4.74 Å². The van der Waals surface area contributed by atoms with Crippen LogP contribution in [-0.2, 0) is 9.53 Å². The minimum atomic E-state index is -0.759. The van der Waals surface area contributed by atoms with Gasteiger partial charge in [-0.3, -0.25) is 20.2 Å². The fraction of sp³-hybridized carbons (Fsp3) is 0.214. The fourth-order valence-corrected chi connectivity index (χ4v) is 2.33. The van der Waals surface area contributed by atoms with Gasteiger partial charge in [-0.1, -0.05) is 12.1 Å². The molecule has 1 heterocycles. The van der Waals surface area contributed by atoms with Gasteiger partial charge in [-0.2, -0.15) is 0 Å². The van der Waals surface area contributed by atoms with Crippen molar-refractivity contribution in [3.8, 4) is 0 Å². The third-order valence-electron chi connectivity index (χ3n) is 3.35. The second kappa shape index (κ2) is 6.69. The summed E-state index contributed by atoms with van der Waals surface area (Å²) in [5.41, 5.74) is 0.656. The van der Waals surface area contributed by atoms with Crippen LogP contribution in [-0.4, -0.2) is 34.4 Å². The number of carbonyl (C=O) groups is 1. The van der Waals surface area contributed by atoms with Crippen LogP contribution < -0.4 is 0 Å². The monoisotopic (exact) mass is 319 g/mol. The van der Waals surface area contributed by atoms with Crippen LogP contribution >= 0.6 is 0 Å². The highest BCUT2D eigenvalue weighted by molar-refractivity contribution is 5.81. The summed E-state index contributed by atoms with van der Waals surface area (Å²) in [7, 11) is 1.21. The van der Waals surface area contributed by atoms with Crippen molar-refractivity contribution in [2.75, 3.05) is 13.7 Å². The van der Waals surface area contributed by atoms with Crippen molar-refractivity contribution < 1.29 is 19.4 Å². The van der Waals surface area contributed by atoms with Crippen molar-refractivity contribution in [2.24, 2.45) is 0 Å². The molecule has 0 aromatic heterocycles. The van der Waals surface area contributed by atoms with Crippen LogP contribution in [0.3, 0.4) is 0 Å². The zero-order valence-electron chi connectivity index (χ0n) is 12.1. The van der Waals surface area contributed by atoms with Crippen molar-refractivity contribution in [1.82, 2.24) is 4.90 Å². The molecule has 1 aromatic carbocycles. The largest absolute Gasteiger partial charge is 0.466 e. The standard InChI is InChI=1S/C14H13N3O6/c1-23-14(18)6-8-15-7-5-11-10(13(15)9-16(19)20)3-2-4-12(11)17(21)22/h2-8,13H,9H2,1H3/b8-6+. The van der Waals surface area contributed by atoms with Gasteiger partial charge in [0.1, 0.15) is 6.04 Å². The van der Waals surface area contributed by atoms with E-state index in [1.807, 2.05) is 0 Å². The summed E-state index contributed by atoms with van der Waals surface area (Å²) in [6.45, 7) is -0.468. The minimum absolute atomic E-state index is 0.122. The lowest BCUT2D eigenvalue weighted by molar-refractivity contribution is -0.486. The number of fused-ring (bicyclic) bond motifs is 1. The second-order valence-electron chi connectivity index (χ2n) is 4.67. The van der Waals surface area contributed by atoms with Crippen LogP contribution in [0.5, 0.6) is 0 Å². The molecule has 1 atom stereocenters.